The number of hydrogen-bond donors (Lipinski definition) is 0. The summed E-state index contributed by atoms with van der Waals surface area (Å²) in [6.45, 7) is 4.12. The molecule has 1 aromatic heterocycles. The molecule has 1 aromatic carbocycles. The molecule has 0 spiro atoms. The van der Waals surface area contributed by atoms with Crippen molar-refractivity contribution in [3.05, 3.63) is 47.3 Å². The van der Waals surface area contributed by atoms with E-state index >= 15 is 0 Å². The van der Waals surface area contributed by atoms with Gasteiger partial charge in [-0.15, -0.1) is 0 Å². The number of hydrogen-bond acceptors (Lipinski definition) is 3. The zero-order chi connectivity index (χ0) is 12.3. The van der Waals surface area contributed by atoms with Gasteiger partial charge in [0.1, 0.15) is 5.75 Å². The summed E-state index contributed by atoms with van der Waals surface area (Å²) in [5.74, 6) is 0.764. The van der Waals surface area contributed by atoms with Crippen LogP contribution in [0.1, 0.15) is 16.7 Å². The number of aromatic nitrogens is 2. The van der Waals surface area contributed by atoms with Crippen LogP contribution in [0.4, 0.5) is 0 Å². The molecule has 0 amide bonds. The van der Waals surface area contributed by atoms with Crippen LogP contribution in [-0.2, 0) is 5.33 Å². The molecule has 0 aliphatic rings. The SMILES string of the molecule is Cc1ccc(Oc2ncc(CBr)cn2)cc1C. The van der Waals surface area contributed by atoms with Gasteiger partial charge in [0.25, 0.3) is 0 Å². The van der Waals surface area contributed by atoms with Crippen molar-refractivity contribution >= 4 is 15.9 Å². The fourth-order valence-electron chi connectivity index (χ4n) is 1.35. The summed E-state index contributed by atoms with van der Waals surface area (Å²) in [6.07, 6.45) is 3.50. The van der Waals surface area contributed by atoms with Crippen molar-refractivity contribution in [3.63, 3.8) is 0 Å². The number of aryl methyl sites for hydroxylation is 2. The van der Waals surface area contributed by atoms with Gasteiger partial charge in [-0.05, 0) is 42.7 Å². The number of halogens is 1. The molecule has 4 heteroatoms. The highest BCUT2D eigenvalue weighted by Crippen LogP contribution is 2.20. The van der Waals surface area contributed by atoms with Gasteiger partial charge in [0.2, 0.25) is 0 Å². The predicted octanol–water partition coefficient (Wildman–Crippen LogP) is 3.78. The van der Waals surface area contributed by atoms with Crippen LogP contribution in [0.2, 0.25) is 0 Å². The molecule has 1 heterocycles. The summed E-state index contributed by atoms with van der Waals surface area (Å²) >= 11 is 3.35. The third-order valence-electron chi connectivity index (χ3n) is 2.52. The summed E-state index contributed by atoms with van der Waals surface area (Å²) in [6, 6.07) is 6.30. The molecule has 0 bridgehead atoms. The number of benzene rings is 1. The number of alkyl halides is 1. The number of nitrogens with zero attached hydrogens (tertiary/aromatic N) is 2. The van der Waals surface area contributed by atoms with E-state index in [0.29, 0.717) is 6.01 Å². The van der Waals surface area contributed by atoms with Crippen molar-refractivity contribution in [2.45, 2.75) is 19.2 Å². The lowest BCUT2D eigenvalue weighted by atomic mass is 10.1. The van der Waals surface area contributed by atoms with Crippen LogP contribution in [0.5, 0.6) is 11.8 Å². The Labute approximate surface area is 109 Å². The van der Waals surface area contributed by atoms with E-state index in [1.54, 1.807) is 12.4 Å². The van der Waals surface area contributed by atoms with E-state index < -0.39 is 0 Å². The van der Waals surface area contributed by atoms with Gasteiger partial charge in [0, 0.05) is 17.7 Å². The van der Waals surface area contributed by atoms with Gasteiger partial charge < -0.3 is 4.74 Å². The minimum absolute atomic E-state index is 0.373. The Hall–Kier alpha value is -1.42. The molecule has 0 atom stereocenters. The summed E-state index contributed by atoms with van der Waals surface area (Å²) in [5.41, 5.74) is 3.46. The fourth-order valence-corrected chi connectivity index (χ4v) is 1.64. The molecule has 0 unspecified atom stereocenters. The van der Waals surface area contributed by atoms with E-state index in [2.05, 4.69) is 39.7 Å². The Morgan fingerprint density at radius 1 is 1.12 bits per heavy atom. The molecule has 0 saturated carbocycles. The van der Waals surface area contributed by atoms with Crippen LogP contribution in [0.3, 0.4) is 0 Å². The zero-order valence-corrected chi connectivity index (χ0v) is 11.4. The Balaban J connectivity index is 2.16. The minimum Gasteiger partial charge on any atom is -0.424 e. The van der Waals surface area contributed by atoms with Crippen molar-refractivity contribution in [2.75, 3.05) is 0 Å². The van der Waals surface area contributed by atoms with E-state index in [4.69, 9.17) is 4.74 Å². The molecule has 0 aliphatic carbocycles. The Morgan fingerprint density at radius 3 is 2.41 bits per heavy atom. The van der Waals surface area contributed by atoms with Gasteiger partial charge in [0.15, 0.2) is 0 Å². The van der Waals surface area contributed by atoms with E-state index in [0.717, 1.165) is 16.6 Å². The van der Waals surface area contributed by atoms with Crippen molar-refractivity contribution in [3.8, 4) is 11.8 Å². The lowest BCUT2D eigenvalue weighted by molar-refractivity contribution is 0.441. The molecule has 2 aromatic rings. The maximum Gasteiger partial charge on any atom is 0.321 e. The van der Waals surface area contributed by atoms with Crippen molar-refractivity contribution in [1.29, 1.82) is 0 Å². The fraction of sp³-hybridized carbons (Fsp3) is 0.231. The van der Waals surface area contributed by atoms with Crippen LogP contribution < -0.4 is 4.74 Å². The highest BCUT2D eigenvalue weighted by atomic mass is 79.9. The van der Waals surface area contributed by atoms with Crippen LogP contribution in [0, 0.1) is 13.8 Å². The van der Waals surface area contributed by atoms with Gasteiger partial charge >= 0.3 is 6.01 Å². The first-order valence-corrected chi connectivity index (χ1v) is 6.43. The minimum atomic E-state index is 0.373. The smallest absolute Gasteiger partial charge is 0.321 e. The van der Waals surface area contributed by atoms with Crippen molar-refractivity contribution in [2.24, 2.45) is 0 Å². The highest BCUT2D eigenvalue weighted by molar-refractivity contribution is 9.08. The summed E-state index contributed by atoms with van der Waals surface area (Å²) in [5, 5.41) is 0.747. The van der Waals surface area contributed by atoms with E-state index in [-0.39, 0.29) is 0 Å². The van der Waals surface area contributed by atoms with Gasteiger partial charge in [-0.1, -0.05) is 22.0 Å². The molecule has 0 N–H and O–H groups in total. The zero-order valence-electron chi connectivity index (χ0n) is 9.77. The third-order valence-corrected chi connectivity index (χ3v) is 3.17. The number of ether oxygens (including phenoxy) is 1. The van der Waals surface area contributed by atoms with E-state index in [9.17, 15) is 0 Å². The second-order valence-electron chi connectivity index (χ2n) is 3.86. The summed E-state index contributed by atoms with van der Waals surface area (Å²) < 4.78 is 5.58. The standard InChI is InChI=1S/C13H13BrN2O/c1-9-3-4-12(5-10(9)2)17-13-15-7-11(6-14)8-16-13/h3-5,7-8H,6H2,1-2H3. The van der Waals surface area contributed by atoms with Gasteiger partial charge in [-0.25, -0.2) is 9.97 Å². The molecule has 2 rings (SSSR count). The first kappa shape index (κ1) is 12.0. The average molecular weight is 293 g/mol. The second-order valence-corrected chi connectivity index (χ2v) is 4.42. The van der Waals surface area contributed by atoms with Crippen LogP contribution in [0.15, 0.2) is 30.6 Å². The number of rotatable bonds is 3. The lowest BCUT2D eigenvalue weighted by Crippen LogP contribution is -1.93. The molecule has 17 heavy (non-hydrogen) atoms. The third kappa shape index (κ3) is 3.03. The lowest BCUT2D eigenvalue weighted by Gasteiger charge is -2.06. The normalized spacial score (nSPS) is 10.3. The van der Waals surface area contributed by atoms with E-state index in [1.807, 2.05) is 18.2 Å². The van der Waals surface area contributed by atoms with Gasteiger partial charge in [0.05, 0.1) is 0 Å². The maximum atomic E-state index is 5.58. The molecule has 0 aliphatic heterocycles. The first-order valence-electron chi connectivity index (χ1n) is 5.31. The highest BCUT2D eigenvalue weighted by Gasteiger charge is 2.02. The summed E-state index contributed by atoms with van der Waals surface area (Å²) in [7, 11) is 0. The monoisotopic (exact) mass is 292 g/mol. The molecular weight excluding hydrogens is 280 g/mol. The molecule has 88 valence electrons. The maximum absolute atomic E-state index is 5.58. The van der Waals surface area contributed by atoms with Gasteiger partial charge in [-0.3, -0.25) is 0 Å². The predicted molar refractivity (Wildman–Crippen MR) is 70.7 cm³/mol. The van der Waals surface area contributed by atoms with Gasteiger partial charge in [-0.2, -0.15) is 0 Å². The molecule has 3 nitrogen and oxygen atoms in total. The quantitative estimate of drug-likeness (QED) is 0.808. The Bertz CT molecular complexity index is 511. The van der Waals surface area contributed by atoms with Crippen LogP contribution in [0.25, 0.3) is 0 Å². The summed E-state index contributed by atoms with van der Waals surface area (Å²) in [4.78, 5) is 8.27. The Kier molecular flexibility index (Phi) is 3.74. The molecule has 0 saturated heterocycles. The van der Waals surface area contributed by atoms with Crippen molar-refractivity contribution in [1.82, 2.24) is 9.97 Å². The van der Waals surface area contributed by atoms with Crippen molar-refractivity contribution < 1.29 is 4.74 Å². The second kappa shape index (κ2) is 5.27. The van der Waals surface area contributed by atoms with Crippen LogP contribution in [-0.4, -0.2) is 9.97 Å². The molecule has 0 fully saturated rings. The largest absolute Gasteiger partial charge is 0.424 e. The average Bonchev–Trinajstić information content (AvgIpc) is 2.35. The first-order chi connectivity index (χ1) is 8.19. The Morgan fingerprint density at radius 2 is 1.82 bits per heavy atom. The topological polar surface area (TPSA) is 35.0 Å². The molecular formula is C13H13BrN2O. The molecule has 0 radical (unpaired) electrons. The van der Waals surface area contributed by atoms with E-state index in [1.165, 1.54) is 11.1 Å². The van der Waals surface area contributed by atoms with Crippen LogP contribution >= 0.6 is 15.9 Å².